The van der Waals surface area contributed by atoms with Gasteiger partial charge >= 0.3 is 6.18 Å². The molecule has 0 amide bonds. The predicted octanol–water partition coefficient (Wildman–Crippen LogP) is 4.90. The first-order valence-corrected chi connectivity index (χ1v) is 10.6. The maximum Gasteiger partial charge on any atom is 0.416 e. The lowest BCUT2D eigenvalue weighted by Gasteiger charge is -2.37. The lowest BCUT2D eigenvalue weighted by Crippen LogP contribution is -2.37. The fourth-order valence-corrected chi connectivity index (χ4v) is 5.13. The maximum atomic E-state index is 13.3. The fourth-order valence-electron chi connectivity index (χ4n) is 3.99. The van der Waals surface area contributed by atoms with Crippen LogP contribution in [0.2, 0.25) is 0 Å². The van der Waals surface area contributed by atoms with Gasteiger partial charge < -0.3 is 5.11 Å². The minimum absolute atomic E-state index is 0.0437. The van der Waals surface area contributed by atoms with Crippen molar-refractivity contribution < 1.29 is 18.3 Å². The summed E-state index contributed by atoms with van der Waals surface area (Å²) in [7, 11) is 0. The quantitative estimate of drug-likeness (QED) is 0.647. The van der Waals surface area contributed by atoms with Gasteiger partial charge in [-0.15, -0.1) is 5.10 Å². The molecular weight excluding hydrogens is 401 g/mol. The summed E-state index contributed by atoms with van der Waals surface area (Å²) in [5.74, 6) is 1.02. The van der Waals surface area contributed by atoms with E-state index in [1.165, 1.54) is 28.0 Å². The van der Waals surface area contributed by atoms with E-state index in [-0.39, 0.29) is 5.88 Å². The average Bonchev–Trinajstić information content (AvgIpc) is 3.21. The second kappa shape index (κ2) is 7.60. The van der Waals surface area contributed by atoms with Gasteiger partial charge in [0.2, 0.25) is 10.8 Å². The van der Waals surface area contributed by atoms with Gasteiger partial charge in [0.05, 0.1) is 16.5 Å². The van der Waals surface area contributed by atoms with Gasteiger partial charge in [-0.2, -0.15) is 17.7 Å². The van der Waals surface area contributed by atoms with E-state index in [0.717, 1.165) is 32.0 Å². The van der Waals surface area contributed by atoms with Crippen LogP contribution in [-0.2, 0) is 12.6 Å². The van der Waals surface area contributed by atoms with Crippen LogP contribution in [0.15, 0.2) is 24.3 Å². The van der Waals surface area contributed by atoms with Crippen molar-refractivity contribution >= 4 is 16.3 Å². The molecule has 0 spiro atoms. The van der Waals surface area contributed by atoms with E-state index in [9.17, 15) is 18.3 Å². The Morgan fingerprint density at radius 1 is 1.34 bits per heavy atom. The standard InChI is InChI=1S/C20H23F3N4OS/c1-3-15-24-19-27(25-15)18(28)17(29-19)16(26-9-5-6-12(2)11-26)13-7-4-8-14(10-13)20(21,22)23/h4,7-8,10,12,16,28H,3,5-6,9,11H2,1-2H3/t12-,16-/m1/s1. The third-order valence-corrected chi connectivity index (χ3v) is 6.46. The van der Waals surface area contributed by atoms with Gasteiger partial charge in [-0.05, 0) is 43.0 Å². The molecular formula is C20H23F3N4OS. The number of aromatic nitrogens is 3. The van der Waals surface area contributed by atoms with Gasteiger partial charge in [0.15, 0.2) is 5.82 Å². The number of nitrogens with zero attached hydrogens (tertiary/aromatic N) is 4. The molecule has 3 aromatic rings. The van der Waals surface area contributed by atoms with Crippen molar-refractivity contribution in [1.29, 1.82) is 0 Å². The van der Waals surface area contributed by atoms with E-state index >= 15 is 0 Å². The molecule has 9 heteroatoms. The highest BCUT2D eigenvalue weighted by atomic mass is 32.1. The molecule has 5 nitrogen and oxygen atoms in total. The van der Waals surface area contributed by atoms with Gasteiger partial charge in [-0.1, -0.05) is 37.3 Å². The Morgan fingerprint density at radius 3 is 2.79 bits per heavy atom. The van der Waals surface area contributed by atoms with Crippen molar-refractivity contribution in [3.8, 4) is 5.88 Å². The molecule has 1 N–H and O–H groups in total. The summed E-state index contributed by atoms with van der Waals surface area (Å²) in [6, 6.07) is 4.93. The number of hydrogen-bond donors (Lipinski definition) is 1. The number of thiazole rings is 1. The topological polar surface area (TPSA) is 53.7 Å². The molecule has 0 unspecified atom stereocenters. The molecule has 0 aliphatic carbocycles. The van der Waals surface area contributed by atoms with Crippen molar-refractivity contribution in [2.24, 2.45) is 5.92 Å². The van der Waals surface area contributed by atoms with Crippen molar-refractivity contribution in [3.63, 3.8) is 0 Å². The zero-order chi connectivity index (χ0) is 20.8. The zero-order valence-corrected chi connectivity index (χ0v) is 17.1. The van der Waals surface area contributed by atoms with Crippen LogP contribution in [0.3, 0.4) is 0 Å². The molecule has 156 valence electrons. The van der Waals surface area contributed by atoms with Gasteiger partial charge in [0, 0.05) is 13.0 Å². The van der Waals surface area contributed by atoms with E-state index in [1.807, 2.05) is 6.92 Å². The molecule has 1 aliphatic heterocycles. The highest BCUT2D eigenvalue weighted by Crippen LogP contribution is 2.42. The first kappa shape index (κ1) is 20.2. The largest absolute Gasteiger partial charge is 0.492 e. The molecule has 4 rings (SSSR count). The Bertz CT molecular complexity index is 1010. The summed E-state index contributed by atoms with van der Waals surface area (Å²) >= 11 is 1.29. The molecule has 3 heterocycles. The number of likely N-dealkylation sites (tertiary alicyclic amines) is 1. The van der Waals surface area contributed by atoms with E-state index in [2.05, 4.69) is 21.9 Å². The summed E-state index contributed by atoms with van der Waals surface area (Å²) in [6.07, 6.45) is -1.71. The van der Waals surface area contributed by atoms with E-state index in [1.54, 1.807) is 6.07 Å². The van der Waals surface area contributed by atoms with Crippen molar-refractivity contribution in [1.82, 2.24) is 19.5 Å². The van der Waals surface area contributed by atoms with Crippen molar-refractivity contribution in [3.05, 3.63) is 46.1 Å². The van der Waals surface area contributed by atoms with Crippen LogP contribution in [0.1, 0.15) is 54.6 Å². The molecule has 1 aromatic carbocycles. The van der Waals surface area contributed by atoms with Gasteiger partial charge in [-0.25, -0.2) is 4.98 Å². The molecule has 0 saturated carbocycles. The molecule has 1 fully saturated rings. The number of rotatable bonds is 4. The molecule has 0 radical (unpaired) electrons. The number of alkyl halides is 3. The number of aromatic hydroxyl groups is 1. The zero-order valence-electron chi connectivity index (χ0n) is 16.3. The Labute approximate surface area is 170 Å². The highest BCUT2D eigenvalue weighted by molar-refractivity contribution is 7.17. The normalized spacial score (nSPS) is 19.7. The number of aryl methyl sites for hydroxylation is 1. The average molecular weight is 424 g/mol. The Morgan fingerprint density at radius 2 is 2.14 bits per heavy atom. The number of benzene rings is 1. The van der Waals surface area contributed by atoms with E-state index in [4.69, 9.17) is 0 Å². The third-order valence-electron chi connectivity index (χ3n) is 5.39. The van der Waals surface area contributed by atoms with Crippen LogP contribution >= 0.6 is 11.3 Å². The first-order chi connectivity index (χ1) is 13.8. The minimum atomic E-state index is -4.42. The highest BCUT2D eigenvalue weighted by Gasteiger charge is 2.35. The van der Waals surface area contributed by atoms with Crippen molar-refractivity contribution in [2.75, 3.05) is 13.1 Å². The number of halogens is 3. The van der Waals surface area contributed by atoms with E-state index in [0.29, 0.717) is 33.6 Å². The molecule has 1 saturated heterocycles. The van der Waals surface area contributed by atoms with Crippen LogP contribution in [0, 0.1) is 5.92 Å². The third kappa shape index (κ3) is 3.85. The maximum absolute atomic E-state index is 13.3. The Hall–Kier alpha value is -2.13. The summed E-state index contributed by atoms with van der Waals surface area (Å²) in [6.45, 7) is 5.59. The molecule has 29 heavy (non-hydrogen) atoms. The second-order valence-corrected chi connectivity index (χ2v) is 8.64. The number of hydrogen-bond acceptors (Lipinski definition) is 5. The summed E-state index contributed by atoms with van der Waals surface area (Å²) in [5.41, 5.74) is -0.165. The lowest BCUT2D eigenvalue weighted by molar-refractivity contribution is -0.137. The van der Waals surface area contributed by atoms with Crippen LogP contribution in [0.25, 0.3) is 4.96 Å². The number of piperidine rings is 1. The molecule has 0 bridgehead atoms. The monoisotopic (exact) mass is 424 g/mol. The van der Waals surface area contributed by atoms with Gasteiger partial charge in [-0.3, -0.25) is 4.90 Å². The molecule has 2 aromatic heterocycles. The van der Waals surface area contributed by atoms with Crippen LogP contribution < -0.4 is 0 Å². The Balaban J connectivity index is 1.83. The van der Waals surface area contributed by atoms with Gasteiger partial charge in [0.25, 0.3) is 0 Å². The summed E-state index contributed by atoms with van der Waals surface area (Å²) in [4.78, 5) is 7.71. The summed E-state index contributed by atoms with van der Waals surface area (Å²) in [5, 5.41) is 15.2. The van der Waals surface area contributed by atoms with Crippen LogP contribution in [-0.4, -0.2) is 37.7 Å². The SMILES string of the molecule is CCc1nc2sc([C@@H](c3cccc(C(F)(F)F)c3)N3CCC[C@@H](C)C3)c(O)n2n1. The van der Waals surface area contributed by atoms with E-state index < -0.39 is 17.8 Å². The first-order valence-electron chi connectivity index (χ1n) is 9.76. The molecule has 1 aliphatic rings. The number of fused-ring (bicyclic) bond motifs is 1. The summed E-state index contributed by atoms with van der Waals surface area (Å²) < 4.78 is 41.4. The lowest BCUT2D eigenvalue weighted by atomic mass is 9.94. The Kier molecular flexibility index (Phi) is 5.29. The smallest absolute Gasteiger partial charge is 0.416 e. The van der Waals surface area contributed by atoms with Crippen LogP contribution in [0.4, 0.5) is 13.2 Å². The van der Waals surface area contributed by atoms with Crippen LogP contribution in [0.5, 0.6) is 5.88 Å². The molecule has 2 atom stereocenters. The predicted molar refractivity (Wildman–Crippen MR) is 105 cm³/mol. The second-order valence-electron chi connectivity index (χ2n) is 7.63. The minimum Gasteiger partial charge on any atom is -0.492 e. The van der Waals surface area contributed by atoms with Crippen molar-refractivity contribution in [2.45, 2.75) is 45.3 Å². The fraction of sp³-hybridized carbons (Fsp3) is 0.500. The van der Waals surface area contributed by atoms with Gasteiger partial charge in [0.1, 0.15) is 0 Å².